The van der Waals surface area contributed by atoms with Gasteiger partial charge < -0.3 is 24.4 Å². The van der Waals surface area contributed by atoms with Crippen molar-refractivity contribution in [2.75, 3.05) is 19.8 Å². The number of hydrogen-bond donors (Lipinski definition) is 3. The number of hydrogen-bond acceptors (Lipinski definition) is 7. The summed E-state index contributed by atoms with van der Waals surface area (Å²) in [5, 5.41) is 8.76. The van der Waals surface area contributed by atoms with E-state index in [0.717, 1.165) is 70.1 Å². The minimum atomic E-state index is -4.76. The molecular formula is C37H65O9P. The predicted molar refractivity (Wildman–Crippen MR) is 190 cm³/mol. The van der Waals surface area contributed by atoms with E-state index >= 15 is 0 Å². The summed E-state index contributed by atoms with van der Waals surface area (Å²) in [5.74, 6) is -0.209. The van der Waals surface area contributed by atoms with Gasteiger partial charge in [0.2, 0.25) is 0 Å². The molecule has 0 bridgehead atoms. The highest BCUT2D eigenvalue weighted by molar-refractivity contribution is 7.46. The molecule has 47 heavy (non-hydrogen) atoms. The van der Waals surface area contributed by atoms with Crippen molar-refractivity contribution < 1.29 is 43.0 Å². The first-order valence-corrected chi connectivity index (χ1v) is 19.4. The van der Waals surface area contributed by atoms with Gasteiger partial charge >= 0.3 is 19.8 Å². The van der Waals surface area contributed by atoms with Gasteiger partial charge in [0, 0.05) is 19.4 Å². The molecule has 0 spiro atoms. The Morgan fingerprint density at radius 1 is 0.617 bits per heavy atom. The molecule has 0 aromatic rings. The summed E-state index contributed by atoms with van der Waals surface area (Å²) < 4.78 is 26.2. The fourth-order valence-corrected chi connectivity index (χ4v) is 5.01. The number of rotatable bonds is 32. The van der Waals surface area contributed by atoms with Crippen LogP contribution < -0.4 is 0 Å². The van der Waals surface area contributed by atoms with Crippen molar-refractivity contribution in [2.24, 2.45) is 5.92 Å². The van der Waals surface area contributed by atoms with E-state index in [0.29, 0.717) is 19.3 Å². The summed E-state index contributed by atoms with van der Waals surface area (Å²) >= 11 is 0. The van der Waals surface area contributed by atoms with Crippen LogP contribution in [0.1, 0.15) is 142 Å². The molecule has 1 atom stereocenters. The van der Waals surface area contributed by atoms with Gasteiger partial charge in [-0.15, -0.1) is 0 Å². The third-order valence-electron chi connectivity index (χ3n) is 7.33. The third kappa shape index (κ3) is 36.7. The van der Waals surface area contributed by atoms with Gasteiger partial charge in [0.05, 0.1) is 6.61 Å². The molecule has 0 amide bonds. The Hall–Kier alpha value is -2.03. The number of carbonyl (C=O) groups is 2. The molecule has 0 saturated carbocycles. The highest BCUT2D eigenvalue weighted by Gasteiger charge is 2.22. The summed E-state index contributed by atoms with van der Waals surface area (Å²) in [6, 6.07) is 0. The molecule has 0 aliphatic rings. The van der Waals surface area contributed by atoms with Crippen LogP contribution in [0.5, 0.6) is 0 Å². The average Bonchev–Trinajstić information content (AvgIpc) is 3.02. The highest BCUT2D eigenvalue weighted by atomic mass is 31.2. The Balaban J connectivity index is 4.09. The minimum absolute atomic E-state index is 0.180. The monoisotopic (exact) mass is 684 g/mol. The Labute approximate surface area is 285 Å². The van der Waals surface area contributed by atoms with Crippen molar-refractivity contribution >= 4 is 19.8 Å². The molecule has 0 aliphatic carbocycles. The van der Waals surface area contributed by atoms with E-state index in [2.05, 4.69) is 60.9 Å². The van der Waals surface area contributed by atoms with E-state index in [9.17, 15) is 14.2 Å². The molecule has 0 saturated heterocycles. The molecule has 10 heteroatoms. The molecule has 0 radical (unpaired) electrons. The third-order valence-corrected chi connectivity index (χ3v) is 7.82. The molecule has 272 valence electrons. The van der Waals surface area contributed by atoms with Gasteiger partial charge in [-0.25, -0.2) is 4.57 Å². The SMILES string of the molecule is CC(C)CCCCCCCCCCC(=O)O[C@H](COC(=O)CCC/C=C\C/C=C\C/C=C\C/C=C\CCCCCO)COP(=O)(O)O. The molecule has 3 N–H and O–H groups in total. The van der Waals surface area contributed by atoms with Crippen LogP contribution in [0.15, 0.2) is 48.6 Å². The van der Waals surface area contributed by atoms with Gasteiger partial charge in [-0.3, -0.25) is 14.1 Å². The number of aliphatic hydroxyl groups is 1. The van der Waals surface area contributed by atoms with Gasteiger partial charge in [0.1, 0.15) is 6.61 Å². The van der Waals surface area contributed by atoms with Gasteiger partial charge in [0.15, 0.2) is 6.10 Å². The predicted octanol–water partition coefficient (Wildman–Crippen LogP) is 9.23. The zero-order valence-corrected chi connectivity index (χ0v) is 30.2. The lowest BCUT2D eigenvalue weighted by Gasteiger charge is -2.18. The van der Waals surface area contributed by atoms with Crippen LogP contribution in [-0.2, 0) is 28.2 Å². The van der Waals surface area contributed by atoms with E-state index in [1.54, 1.807) is 0 Å². The number of phosphoric ester groups is 1. The smallest absolute Gasteiger partial charge is 0.462 e. The number of esters is 2. The fourth-order valence-electron chi connectivity index (χ4n) is 4.65. The van der Waals surface area contributed by atoms with Gasteiger partial charge in [-0.1, -0.05) is 120 Å². The Bertz CT molecular complexity index is 921. The summed E-state index contributed by atoms with van der Waals surface area (Å²) in [6.45, 7) is 3.90. The lowest BCUT2D eigenvalue weighted by Crippen LogP contribution is -2.29. The molecule has 0 heterocycles. The number of aliphatic hydroxyl groups excluding tert-OH is 1. The number of ether oxygens (including phenoxy) is 2. The maximum atomic E-state index is 12.3. The van der Waals surface area contributed by atoms with E-state index in [-0.39, 0.29) is 26.1 Å². The van der Waals surface area contributed by atoms with Crippen LogP contribution in [0.25, 0.3) is 0 Å². The Morgan fingerprint density at radius 2 is 1.11 bits per heavy atom. The topological polar surface area (TPSA) is 140 Å². The maximum absolute atomic E-state index is 12.3. The van der Waals surface area contributed by atoms with Gasteiger partial charge in [0.25, 0.3) is 0 Å². The van der Waals surface area contributed by atoms with Crippen LogP contribution in [0.4, 0.5) is 0 Å². The first-order chi connectivity index (χ1) is 22.6. The molecule has 0 aliphatic heterocycles. The molecule has 0 rings (SSSR count). The van der Waals surface area contributed by atoms with Crippen molar-refractivity contribution in [1.82, 2.24) is 0 Å². The van der Waals surface area contributed by atoms with Crippen molar-refractivity contribution in [1.29, 1.82) is 0 Å². The summed E-state index contributed by atoms with van der Waals surface area (Å²) in [4.78, 5) is 42.6. The van der Waals surface area contributed by atoms with Crippen LogP contribution >= 0.6 is 7.82 Å². The first-order valence-electron chi connectivity index (χ1n) is 17.9. The van der Waals surface area contributed by atoms with Crippen LogP contribution in [0, 0.1) is 5.92 Å². The lowest BCUT2D eigenvalue weighted by atomic mass is 10.0. The first kappa shape index (κ1) is 45.0. The molecular weight excluding hydrogens is 619 g/mol. The molecule has 9 nitrogen and oxygen atoms in total. The summed E-state index contributed by atoms with van der Waals surface area (Å²) in [6.07, 6.45) is 34.4. The number of phosphoric acid groups is 1. The average molecular weight is 685 g/mol. The van der Waals surface area contributed by atoms with Crippen LogP contribution in [0.3, 0.4) is 0 Å². The minimum Gasteiger partial charge on any atom is -0.462 e. The zero-order valence-electron chi connectivity index (χ0n) is 29.3. The second-order valence-electron chi connectivity index (χ2n) is 12.4. The fraction of sp³-hybridized carbons (Fsp3) is 0.730. The van der Waals surface area contributed by atoms with Gasteiger partial charge in [-0.2, -0.15) is 0 Å². The largest absolute Gasteiger partial charge is 0.469 e. The van der Waals surface area contributed by atoms with Crippen molar-refractivity contribution in [3.05, 3.63) is 48.6 Å². The highest BCUT2D eigenvalue weighted by Crippen LogP contribution is 2.36. The van der Waals surface area contributed by atoms with E-state index < -0.39 is 32.5 Å². The van der Waals surface area contributed by atoms with E-state index in [1.165, 1.54) is 32.1 Å². The zero-order chi connectivity index (χ0) is 34.9. The lowest BCUT2D eigenvalue weighted by molar-refractivity contribution is -0.161. The van der Waals surface area contributed by atoms with Crippen molar-refractivity contribution in [3.63, 3.8) is 0 Å². The molecule has 0 unspecified atom stereocenters. The Morgan fingerprint density at radius 3 is 1.66 bits per heavy atom. The summed E-state index contributed by atoms with van der Waals surface area (Å²) in [7, 11) is -4.76. The quantitative estimate of drug-likeness (QED) is 0.0274. The second kappa shape index (κ2) is 32.5. The van der Waals surface area contributed by atoms with E-state index in [1.807, 2.05) is 6.08 Å². The molecule has 0 fully saturated rings. The number of carbonyl (C=O) groups excluding carboxylic acids is 2. The normalized spacial score (nSPS) is 13.1. The standard InChI is InChI=1S/C37H65O9P/c1-34(2)28-24-20-16-13-14-18-22-26-30-37(40)46-35(33-45-47(41,42)43)32-44-36(39)29-25-21-17-12-10-8-6-4-3-5-7-9-11-15-19-23-27-31-38/h3,5-6,8-9,11-12,17,34-35,38H,4,7,10,13-16,18-33H2,1-2H3,(H2,41,42,43)/b5-3-,8-6-,11-9-,17-12-/t35-/m1/s1. The molecule has 0 aromatic carbocycles. The van der Waals surface area contributed by atoms with Crippen LogP contribution in [-0.4, -0.2) is 52.8 Å². The van der Waals surface area contributed by atoms with E-state index in [4.69, 9.17) is 24.4 Å². The van der Waals surface area contributed by atoms with Crippen molar-refractivity contribution in [3.8, 4) is 0 Å². The molecule has 0 aromatic heterocycles. The summed E-state index contributed by atoms with van der Waals surface area (Å²) in [5.41, 5.74) is 0. The number of allylic oxidation sites excluding steroid dienone is 8. The van der Waals surface area contributed by atoms with Gasteiger partial charge in [-0.05, 0) is 63.7 Å². The van der Waals surface area contributed by atoms with Crippen LogP contribution in [0.2, 0.25) is 0 Å². The number of unbranched alkanes of at least 4 members (excludes halogenated alkanes) is 11. The maximum Gasteiger partial charge on any atom is 0.469 e. The van der Waals surface area contributed by atoms with Crippen molar-refractivity contribution in [2.45, 2.75) is 148 Å². The Kier molecular flexibility index (Phi) is 31.1. The second-order valence-corrected chi connectivity index (χ2v) is 13.6.